The monoisotopic (exact) mass is 330 g/mol. The Balaban J connectivity index is 1.87. The molecule has 0 spiro atoms. The van der Waals surface area contributed by atoms with Crippen molar-refractivity contribution >= 4 is 11.8 Å². The molecule has 2 amide bonds. The first kappa shape index (κ1) is 17.5. The Morgan fingerprint density at radius 1 is 0.917 bits per heavy atom. The number of benzene rings is 2. The van der Waals surface area contributed by atoms with Crippen molar-refractivity contribution in [3.63, 3.8) is 0 Å². The summed E-state index contributed by atoms with van der Waals surface area (Å²) in [4.78, 5) is 23.8. The smallest absolute Gasteiger partial charge is 0.269 e. The minimum atomic E-state index is -0.528. The number of hydrogen-bond donors (Lipinski definition) is 2. The van der Waals surface area contributed by atoms with E-state index in [-0.39, 0.29) is 5.56 Å². The molecule has 0 saturated heterocycles. The topological polar surface area (TPSA) is 67.4 Å². The van der Waals surface area contributed by atoms with Gasteiger partial charge in [-0.15, -0.1) is 0 Å². The molecule has 0 atom stereocenters. The minimum absolute atomic E-state index is 0.245. The van der Waals surface area contributed by atoms with E-state index in [1.165, 1.54) is 24.3 Å². The van der Waals surface area contributed by atoms with Crippen LogP contribution in [0.15, 0.2) is 48.5 Å². The van der Waals surface area contributed by atoms with Gasteiger partial charge in [0.1, 0.15) is 11.6 Å². The van der Waals surface area contributed by atoms with Crippen LogP contribution in [-0.2, 0) is 0 Å². The maximum atomic E-state index is 12.8. The Morgan fingerprint density at radius 2 is 1.38 bits per heavy atom. The standard InChI is InChI=1S/C18H19FN2O3/c1-12(2)11-24-16-9-5-14(6-10-16)18(23)21-20-17(22)13-3-7-15(19)8-4-13/h3-10,12H,11H2,1-2H3,(H,20,22)(H,21,23). The Kier molecular flexibility index (Phi) is 5.89. The van der Waals surface area contributed by atoms with Gasteiger partial charge in [0.2, 0.25) is 0 Å². The number of carbonyl (C=O) groups excluding carboxylic acids is 2. The fourth-order valence-corrected chi connectivity index (χ4v) is 1.82. The van der Waals surface area contributed by atoms with Crippen LogP contribution in [0.5, 0.6) is 5.75 Å². The van der Waals surface area contributed by atoms with Crippen molar-refractivity contribution in [3.8, 4) is 5.75 Å². The van der Waals surface area contributed by atoms with Crippen LogP contribution in [0.1, 0.15) is 34.6 Å². The van der Waals surface area contributed by atoms with Crippen LogP contribution >= 0.6 is 0 Å². The predicted molar refractivity (Wildman–Crippen MR) is 88.1 cm³/mol. The number of amides is 2. The van der Waals surface area contributed by atoms with Crippen LogP contribution in [0.2, 0.25) is 0 Å². The van der Waals surface area contributed by atoms with Crippen molar-refractivity contribution in [2.45, 2.75) is 13.8 Å². The number of hydrazine groups is 1. The van der Waals surface area contributed by atoms with E-state index in [4.69, 9.17) is 4.74 Å². The van der Waals surface area contributed by atoms with Crippen LogP contribution in [0.4, 0.5) is 4.39 Å². The van der Waals surface area contributed by atoms with Crippen LogP contribution in [0.25, 0.3) is 0 Å². The van der Waals surface area contributed by atoms with Gasteiger partial charge in [-0.2, -0.15) is 0 Å². The second kappa shape index (κ2) is 8.10. The van der Waals surface area contributed by atoms with E-state index < -0.39 is 17.6 Å². The molecule has 0 radical (unpaired) electrons. The van der Waals surface area contributed by atoms with Crippen molar-refractivity contribution in [2.24, 2.45) is 5.92 Å². The van der Waals surface area contributed by atoms with Gasteiger partial charge in [0, 0.05) is 11.1 Å². The number of hydrogen-bond acceptors (Lipinski definition) is 3. The summed E-state index contributed by atoms with van der Waals surface area (Å²) < 4.78 is 18.3. The van der Waals surface area contributed by atoms with Gasteiger partial charge in [-0.1, -0.05) is 13.8 Å². The van der Waals surface area contributed by atoms with Gasteiger partial charge in [0.15, 0.2) is 0 Å². The lowest BCUT2D eigenvalue weighted by atomic mass is 10.2. The van der Waals surface area contributed by atoms with E-state index in [2.05, 4.69) is 10.9 Å². The number of carbonyl (C=O) groups is 2. The Labute approximate surface area is 139 Å². The number of halogens is 1. The lowest BCUT2D eigenvalue weighted by Gasteiger charge is -2.10. The molecule has 0 heterocycles. The average molecular weight is 330 g/mol. The molecule has 0 aromatic heterocycles. The quantitative estimate of drug-likeness (QED) is 0.828. The van der Waals surface area contributed by atoms with Gasteiger partial charge >= 0.3 is 0 Å². The zero-order valence-electron chi connectivity index (χ0n) is 13.5. The molecular weight excluding hydrogens is 311 g/mol. The Hall–Kier alpha value is -2.89. The summed E-state index contributed by atoms with van der Waals surface area (Å²) >= 11 is 0. The highest BCUT2D eigenvalue weighted by Gasteiger charge is 2.09. The van der Waals surface area contributed by atoms with Crippen LogP contribution in [0, 0.1) is 11.7 Å². The lowest BCUT2D eigenvalue weighted by Crippen LogP contribution is -2.41. The summed E-state index contributed by atoms with van der Waals surface area (Å²) in [6.45, 7) is 4.69. The van der Waals surface area contributed by atoms with Gasteiger partial charge in [-0.3, -0.25) is 20.4 Å². The van der Waals surface area contributed by atoms with E-state index in [9.17, 15) is 14.0 Å². The van der Waals surface area contributed by atoms with E-state index in [0.29, 0.717) is 23.8 Å². The average Bonchev–Trinajstić information content (AvgIpc) is 2.58. The molecule has 126 valence electrons. The molecule has 6 heteroatoms. The predicted octanol–water partition coefficient (Wildman–Crippen LogP) is 2.94. The molecule has 0 saturated carbocycles. The van der Waals surface area contributed by atoms with Gasteiger partial charge in [-0.25, -0.2) is 4.39 Å². The second-order valence-electron chi connectivity index (χ2n) is 5.64. The van der Waals surface area contributed by atoms with Gasteiger partial charge in [-0.05, 0) is 54.4 Å². The van der Waals surface area contributed by atoms with Crippen molar-refractivity contribution in [3.05, 3.63) is 65.5 Å². The first-order chi connectivity index (χ1) is 11.5. The second-order valence-corrected chi connectivity index (χ2v) is 5.64. The van der Waals surface area contributed by atoms with Crippen molar-refractivity contribution in [1.29, 1.82) is 0 Å². The fourth-order valence-electron chi connectivity index (χ4n) is 1.82. The number of ether oxygens (including phenoxy) is 1. The van der Waals surface area contributed by atoms with Crippen LogP contribution < -0.4 is 15.6 Å². The van der Waals surface area contributed by atoms with E-state index in [0.717, 1.165) is 0 Å². The molecule has 0 unspecified atom stereocenters. The van der Waals surface area contributed by atoms with Crippen molar-refractivity contribution in [2.75, 3.05) is 6.61 Å². The Morgan fingerprint density at radius 3 is 1.83 bits per heavy atom. The van der Waals surface area contributed by atoms with E-state index in [1.807, 2.05) is 13.8 Å². The molecule has 2 N–H and O–H groups in total. The van der Waals surface area contributed by atoms with Crippen molar-refractivity contribution in [1.82, 2.24) is 10.9 Å². The van der Waals surface area contributed by atoms with Gasteiger partial charge in [0.05, 0.1) is 6.61 Å². The highest BCUT2D eigenvalue weighted by molar-refractivity contribution is 5.99. The SMILES string of the molecule is CC(C)COc1ccc(C(=O)NNC(=O)c2ccc(F)cc2)cc1. The molecule has 2 aromatic rings. The molecule has 0 fully saturated rings. The first-order valence-electron chi connectivity index (χ1n) is 7.55. The molecule has 2 aromatic carbocycles. The highest BCUT2D eigenvalue weighted by atomic mass is 19.1. The third kappa shape index (κ3) is 5.08. The summed E-state index contributed by atoms with van der Waals surface area (Å²) in [5.74, 6) is -0.332. The Bertz CT molecular complexity index is 697. The lowest BCUT2D eigenvalue weighted by molar-refractivity contribution is 0.0846. The van der Waals surface area contributed by atoms with E-state index >= 15 is 0 Å². The largest absolute Gasteiger partial charge is 0.493 e. The van der Waals surface area contributed by atoms with Gasteiger partial charge in [0.25, 0.3) is 11.8 Å². The number of rotatable bonds is 5. The van der Waals surface area contributed by atoms with Crippen molar-refractivity contribution < 1.29 is 18.7 Å². The minimum Gasteiger partial charge on any atom is -0.493 e. The molecule has 0 aliphatic heterocycles. The zero-order valence-corrected chi connectivity index (χ0v) is 13.5. The molecule has 0 bridgehead atoms. The molecular formula is C18H19FN2O3. The molecule has 0 aliphatic rings. The summed E-state index contributed by atoms with van der Waals surface area (Å²) in [7, 11) is 0. The molecule has 0 aliphatic carbocycles. The molecule has 24 heavy (non-hydrogen) atoms. The van der Waals surface area contributed by atoms with Crippen LogP contribution in [-0.4, -0.2) is 18.4 Å². The third-order valence-corrected chi connectivity index (χ3v) is 3.10. The first-order valence-corrected chi connectivity index (χ1v) is 7.55. The maximum absolute atomic E-state index is 12.8. The van der Waals surface area contributed by atoms with Crippen LogP contribution in [0.3, 0.4) is 0 Å². The summed E-state index contributed by atoms with van der Waals surface area (Å²) in [5, 5.41) is 0. The molecule has 2 rings (SSSR count). The maximum Gasteiger partial charge on any atom is 0.269 e. The number of nitrogens with one attached hydrogen (secondary N) is 2. The summed E-state index contributed by atoms with van der Waals surface area (Å²) in [6, 6.07) is 11.6. The molecule has 5 nitrogen and oxygen atoms in total. The normalized spacial score (nSPS) is 10.3. The zero-order chi connectivity index (χ0) is 17.5. The third-order valence-electron chi connectivity index (χ3n) is 3.10. The summed E-state index contributed by atoms with van der Waals surface area (Å²) in [5.41, 5.74) is 5.21. The fraction of sp³-hybridized carbons (Fsp3) is 0.222. The highest BCUT2D eigenvalue weighted by Crippen LogP contribution is 2.13. The summed E-state index contributed by atoms with van der Waals surface area (Å²) in [6.07, 6.45) is 0. The van der Waals surface area contributed by atoms with E-state index in [1.54, 1.807) is 24.3 Å². The van der Waals surface area contributed by atoms with Gasteiger partial charge < -0.3 is 4.74 Å².